The van der Waals surface area contributed by atoms with E-state index in [9.17, 15) is 19.8 Å². The van der Waals surface area contributed by atoms with Crippen LogP contribution in [0.3, 0.4) is 0 Å². The van der Waals surface area contributed by atoms with E-state index in [1.165, 1.54) is 4.90 Å². The van der Waals surface area contributed by atoms with E-state index in [1.807, 2.05) is 75.4 Å². The quantitative estimate of drug-likeness (QED) is 0.366. The highest BCUT2D eigenvalue weighted by molar-refractivity contribution is 6.22. The number of imide groups is 1. The smallest absolute Gasteiger partial charge is 0.238 e. The van der Waals surface area contributed by atoms with E-state index in [2.05, 4.69) is 5.32 Å². The van der Waals surface area contributed by atoms with Gasteiger partial charge in [-0.1, -0.05) is 25.1 Å². The molecule has 2 amide bonds. The number of hydrogen-bond donors (Lipinski definition) is 3. The molecule has 3 fully saturated rings. The summed E-state index contributed by atoms with van der Waals surface area (Å²) in [5.41, 5.74) is 4.69. The minimum atomic E-state index is -1.49. The van der Waals surface area contributed by atoms with Crippen LogP contribution in [0.25, 0.3) is 0 Å². The lowest BCUT2D eigenvalue weighted by Gasteiger charge is -2.44. The molecule has 7 heteroatoms. The Balaban J connectivity index is 1.29. The van der Waals surface area contributed by atoms with Gasteiger partial charge in [-0.25, -0.2) is 0 Å². The minimum absolute atomic E-state index is 0.200. The predicted molar refractivity (Wildman–Crippen MR) is 149 cm³/mol. The van der Waals surface area contributed by atoms with E-state index in [0.29, 0.717) is 24.9 Å². The molecule has 6 rings (SSSR count). The summed E-state index contributed by atoms with van der Waals surface area (Å²) in [6.07, 6.45) is 1.05. The van der Waals surface area contributed by atoms with Crippen LogP contribution in [0, 0.1) is 37.5 Å². The zero-order valence-corrected chi connectivity index (χ0v) is 22.4. The number of para-hydroxylation sites is 1. The summed E-state index contributed by atoms with van der Waals surface area (Å²) in [5, 5.41) is 25.5. The largest absolute Gasteiger partial charge is 0.507 e. The number of benzene rings is 3. The first-order valence-corrected chi connectivity index (χ1v) is 13.7. The van der Waals surface area contributed by atoms with Crippen LogP contribution in [0.5, 0.6) is 5.75 Å². The Morgan fingerprint density at radius 3 is 2.23 bits per heavy atom. The van der Waals surface area contributed by atoms with Gasteiger partial charge in [0.25, 0.3) is 0 Å². The molecular formula is C32H34N2O5. The number of hydrogen-bond acceptors (Lipinski definition) is 6. The van der Waals surface area contributed by atoms with Crippen molar-refractivity contribution in [2.24, 2.45) is 23.7 Å². The van der Waals surface area contributed by atoms with Crippen LogP contribution >= 0.6 is 0 Å². The van der Waals surface area contributed by atoms with Crippen molar-refractivity contribution in [3.63, 3.8) is 0 Å². The lowest BCUT2D eigenvalue weighted by molar-refractivity contribution is -0.269. The molecule has 1 aliphatic carbocycles. The molecule has 2 aliphatic heterocycles. The van der Waals surface area contributed by atoms with Gasteiger partial charge in [0.05, 0.1) is 23.6 Å². The lowest BCUT2D eigenvalue weighted by atomic mass is 9.64. The molecule has 0 aromatic heterocycles. The number of phenolic OH excluding ortho intramolecular Hbond substituents is 1. The Hall–Kier alpha value is -3.68. The first-order valence-electron chi connectivity index (χ1n) is 13.7. The SMILES string of the molecule is CC[C@H]1C[C@@H]2C(=O)N(c3ccc(Nc4ccccc4)cc3)C(=O)[C@@H]2[C@@H]2C[C@@H](c3cc(C)c(O)c(C)c3)O[C@]12O. The molecule has 1 saturated carbocycles. The molecule has 3 N–H and O–H groups in total. The molecule has 39 heavy (non-hydrogen) atoms. The summed E-state index contributed by atoms with van der Waals surface area (Å²) in [5.74, 6) is -3.60. The fourth-order valence-electron chi connectivity index (χ4n) is 6.97. The van der Waals surface area contributed by atoms with Crippen LogP contribution in [0.4, 0.5) is 17.1 Å². The van der Waals surface area contributed by atoms with Crippen molar-refractivity contribution in [1.82, 2.24) is 0 Å². The zero-order chi connectivity index (χ0) is 27.5. The predicted octanol–water partition coefficient (Wildman–Crippen LogP) is 5.75. The molecule has 2 heterocycles. The van der Waals surface area contributed by atoms with Crippen LogP contribution in [-0.2, 0) is 14.3 Å². The molecule has 3 aromatic carbocycles. The lowest BCUT2D eigenvalue weighted by Crippen LogP contribution is -2.53. The van der Waals surface area contributed by atoms with Crippen molar-refractivity contribution >= 4 is 28.9 Å². The first-order chi connectivity index (χ1) is 18.7. The van der Waals surface area contributed by atoms with E-state index >= 15 is 0 Å². The minimum Gasteiger partial charge on any atom is -0.507 e. The maximum atomic E-state index is 13.9. The number of fused-ring (bicyclic) bond motifs is 3. The maximum absolute atomic E-state index is 13.9. The third kappa shape index (κ3) is 4.12. The van der Waals surface area contributed by atoms with Gasteiger partial charge in [-0.15, -0.1) is 0 Å². The van der Waals surface area contributed by atoms with E-state index in [1.54, 1.807) is 12.1 Å². The van der Waals surface area contributed by atoms with E-state index in [-0.39, 0.29) is 23.5 Å². The van der Waals surface area contributed by atoms with E-state index in [4.69, 9.17) is 4.74 Å². The van der Waals surface area contributed by atoms with Gasteiger partial charge in [0, 0.05) is 23.2 Å². The number of aliphatic hydroxyl groups is 1. The number of anilines is 3. The molecule has 3 aliphatic rings. The second kappa shape index (κ2) is 9.50. The van der Waals surface area contributed by atoms with Crippen molar-refractivity contribution in [1.29, 1.82) is 0 Å². The van der Waals surface area contributed by atoms with Crippen LogP contribution < -0.4 is 10.2 Å². The van der Waals surface area contributed by atoms with Gasteiger partial charge in [-0.3, -0.25) is 14.5 Å². The fraction of sp³-hybridized carbons (Fsp3) is 0.375. The van der Waals surface area contributed by atoms with Crippen molar-refractivity contribution in [3.05, 3.63) is 83.4 Å². The van der Waals surface area contributed by atoms with Gasteiger partial charge in [0.15, 0.2) is 5.79 Å². The molecule has 0 bridgehead atoms. The Labute approximate surface area is 228 Å². The molecule has 0 spiro atoms. The molecule has 2 saturated heterocycles. The molecule has 0 radical (unpaired) electrons. The van der Waals surface area contributed by atoms with E-state index < -0.39 is 29.6 Å². The summed E-state index contributed by atoms with van der Waals surface area (Å²) in [6, 6.07) is 20.8. The van der Waals surface area contributed by atoms with Crippen molar-refractivity contribution < 1.29 is 24.5 Å². The first kappa shape index (κ1) is 25.6. The molecule has 202 valence electrons. The van der Waals surface area contributed by atoms with E-state index in [0.717, 1.165) is 28.1 Å². The number of carbonyl (C=O) groups excluding carboxylic acids is 2. The van der Waals surface area contributed by atoms with Crippen LogP contribution in [0.1, 0.15) is 49.0 Å². The zero-order valence-electron chi connectivity index (χ0n) is 22.4. The average molecular weight is 527 g/mol. The van der Waals surface area contributed by atoms with Gasteiger partial charge in [-0.2, -0.15) is 0 Å². The van der Waals surface area contributed by atoms with Gasteiger partial charge >= 0.3 is 0 Å². The summed E-state index contributed by atoms with van der Waals surface area (Å²) in [7, 11) is 0. The normalized spacial score (nSPS) is 29.8. The number of rotatable bonds is 5. The summed E-state index contributed by atoms with van der Waals surface area (Å²) in [6.45, 7) is 5.67. The van der Waals surface area contributed by atoms with Crippen molar-refractivity contribution in [2.75, 3.05) is 10.2 Å². The Bertz CT molecular complexity index is 1400. The third-order valence-corrected chi connectivity index (χ3v) is 8.93. The monoisotopic (exact) mass is 526 g/mol. The Morgan fingerprint density at radius 2 is 1.59 bits per heavy atom. The number of ether oxygens (including phenoxy) is 1. The maximum Gasteiger partial charge on any atom is 0.238 e. The van der Waals surface area contributed by atoms with Gasteiger partial charge < -0.3 is 20.3 Å². The molecule has 7 nitrogen and oxygen atoms in total. The molecule has 0 unspecified atom stereocenters. The Kier molecular flexibility index (Phi) is 6.24. The number of nitrogens with one attached hydrogen (secondary N) is 1. The highest BCUT2D eigenvalue weighted by Crippen LogP contribution is 2.59. The molecule has 3 aromatic rings. The van der Waals surface area contributed by atoms with Crippen LogP contribution in [0.2, 0.25) is 0 Å². The number of carbonyl (C=O) groups is 2. The summed E-state index contributed by atoms with van der Waals surface area (Å²) >= 11 is 0. The van der Waals surface area contributed by atoms with Gasteiger partial charge in [0.1, 0.15) is 5.75 Å². The number of amides is 2. The second-order valence-corrected chi connectivity index (χ2v) is 11.2. The van der Waals surface area contributed by atoms with Crippen LogP contribution in [0.15, 0.2) is 66.7 Å². The standard InChI is InChI=1S/C32H34N2O5/c1-4-21-16-25-28(26-17-27(39-32(21,26)38)20-14-18(2)29(35)19(3)15-20)31(37)34(30(25)36)24-12-10-23(11-13-24)33-22-8-6-5-7-9-22/h5-15,21,25-28,33,35,38H,4,16-17H2,1-3H3/t21-,25-,26-,27-,28-,32+/m0/s1. The average Bonchev–Trinajstić information content (AvgIpc) is 3.41. The van der Waals surface area contributed by atoms with Crippen molar-refractivity contribution in [2.45, 2.75) is 51.9 Å². The molecule has 6 atom stereocenters. The number of nitrogens with zero attached hydrogens (tertiary/aromatic N) is 1. The number of aromatic hydroxyl groups is 1. The number of aryl methyl sites for hydroxylation is 2. The molecular weight excluding hydrogens is 492 g/mol. The van der Waals surface area contributed by atoms with Crippen LogP contribution in [-0.4, -0.2) is 27.8 Å². The van der Waals surface area contributed by atoms with Gasteiger partial charge in [0.2, 0.25) is 11.8 Å². The van der Waals surface area contributed by atoms with Gasteiger partial charge in [-0.05, 0) is 98.3 Å². The van der Waals surface area contributed by atoms with Crippen molar-refractivity contribution in [3.8, 4) is 5.75 Å². The summed E-state index contributed by atoms with van der Waals surface area (Å²) in [4.78, 5) is 28.9. The topological polar surface area (TPSA) is 99.1 Å². The second-order valence-electron chi connectivity index (χ2n) is 11.2. The number of phenols is 1. The fourth-order valence-corrected chi connectivity index (χ4v) is 6.97. The third-order valence-electron chi connectivity index (χ3n) is 8.93. The summed E-state index contributed by atoms with van der Waals surface area (Å²) < 4.78 is 6.38. The Morgan fingerprint density at radius 1 is 0.949 bits per heavy atom. The highest BCUT2D eigenvalue weighted by atomic mass is 16.6. The highest BCUT2D eigenvalue weighted by Gasteiger charge is 2.66.